The maximum absolute atomic E-state index is 12.4. The lowest BCUT2D eigenvalue weighted by Gasteiger charge is -2.18. The molecule has 1 amide bonds. The summed E-state index contributed by atoms with van der Waals surface area (Å²) in [6, 6.07) is 1.66. The highest BCUT2D eigenvalue weighted by Gasteiger charge is 2.14. The van der Waals surface area contributed by atoms with Crippen molar-refractivity contribution in [3.05, 3.63) is 29.6 Å². The fourth-order valence-corrected chi connectivity index (χ4v) is 1.63. The van der Waals surface area contributed by atoms with Gasteiger partial charge < -0.3 is 14.7 Å². The second-order valence-corrected chi connectivity index (χ2v) is 4.84. The molecule has 5 heteroatoms. The van der Waals surface area contributed by atoms with Crippen LogP contribution in [0.4, 0.5) is 0 Å². The van der Waals surface area contributed by atoms with Gasteiger partial charge in [-0.1, -0.05) is 11.8 Å². The second kappa shape index (κ2) is 9.11. The van der Waals surface area contributed by atoms with Crippen LogP contribution in [0.25, 0.3) is 0 Å². The molecular formula is C16H22N2O3. The van der Waals surface area contributed by atoms with Crippen LogP contribution in [0.15, 0.2) is 18.5 Å². The first kappa shape index (κ1) is 17.2. The molecule has 0 atom stereocenters. The van der Waals surface area contributed by atoms with Gasteiger partial charge in [-0.05, 0) is 19.9 Å². The van der Waals surface area contributed by atoms with Crippen LogP contribution in [0.2, 0.25) is 0 Å². The van der Waals surface area contributed by atoms with E-state index in [1.54, 1.807) is 30.4 Å². The molecule has 0 unspecified atom stereocenters. The van der Waals surface area contributed by atoms with Gasteiger partial charge in [0.25, 0.3) is 5.91 Å². The van der Waals surface area contributed by atoms with Crippen LogP contribution in [0, 0.1) is 11.8 Å². The number of aliphatic hydroxyl groups excluding tert-OH is 1. The number of likely N-dealkylation sites (N-methyl/N-ethyl adjacent to an activating group) is 1. The molecule has 1 aromatic rings. The Morgan fingerprint density at radius 2 is 2.29 bits per heavy atom. The molecule has 0 saturated carbocycles. The molecule has 0 aromatic carbocycles. The number of amides is 1. The lowest BCUT2D eigenvalue weighted by Crippen LogP contribution is -2.31. The molecule has 21 heavy (non-hydrogen) atoms. The maximum atomic E-state index is 12.4. The molecule has 114 valence electrons. The van der Waals surface area contributed by atoms with Gasteiger partial charge in [-0.25, -0.2) is 0 Å². The Balaban J connectivity index is 2.75. The van der Waals surface area contributed by atoms with E-state index >= 15 is 0 Å². The average Bonchev–Trinajstić information content (AvgIpc) is 2.47. The van der Waals surface area contributed by atoms with Gasteiger partial charge in [0.1, 0.15) is 0 Å². The number of pyridine rings is 1. The summed E-state index contributed by atoms with van der Waals surface area (Å²) in [6.07, 6.45) is 3.66. The first-order valence-corrected chi connectivity index (χ1v) is 6.97. The highest BCUT2D eigenvalue weighted by atomic mass is 16.5. The van der Waals surface area contributed by atoms with Crippen molar-refractivity contribution in [2.45, 2.75) is 26.4 Å². The van der Waals surface area contributed by atoms with Crippen molar-refractivity contribution in [1.29, 1.82) is 0 Å². The Morgan fingerprint density at radius 3 is 2.95 bits per heavy atom. The van der Waals surface area contributed by atoms with E-state index in [0.29, 0.717) is 30.7 Å². The second-order valence-electron chi connectivity index (χ2n) is 4.84. The number of ether oxygens (including phenoxy) is 1. The van der Waals surface area contributed by atoms with Crippen LogP contribution < -0.4 is 0 Å². The van der Waals surface area contributed by atoms with Crippen molar-refractivity contribution in [3.8, 4) is 11.8 Å². The van der Waals surface area contributed by atoms with Crippen LogP contribution in [0.5, 0.6) is 0 Å². The molecule has 1 aromatic heterocycles. The number of hydrogen-bond acceptors (Lipinski definition) is 4. The Morgan fingerprint density at radius 1 is 1.52 bits per heavy atom. The number of aliphatic hydroxyl groups is 1. The molecule has 1 N–H and O–H groups in total. The molecule has 0 aliphatic heterocycles. The van der Waals surface area contributed by atoms with Crippen molar-refractivity contribution in [2.24, 2.45) is 0 Å². The SMILES string of the molecule is CC(C)OCCN(C)C(=O)c1ccncc1C#CCCO. The summed E-state index contributed by atoms with van der Waals surface area (Å²) < 4.78 is 5.45. The van der Waals surface area contributed by atoms with E-state index in [-0.39, 0.29) is 18.6 Å². The number of carbonyl (C=O) groups excluding carboxylic acids is 1. The summed E-state index contributed by atoms with van der Waals surface area (Å²) in [4.78, 5) is 18.0. The van der Waals surface area contributed by atoms with E-state index in [0.717, 1.165) is 0 Å². The monoisotopic (exact) mass is 290 g/mol. The normalized spacial score (nSPS) is 10.1. The third-order valence-corrected chi connectivity index (χ3v) is 2.74. The largest absolute Gasteiger partial charge is 0.395 e. The topological polar surface area (TPSA) is 62.7 Å². The van der Waals surface area contributed by atoms with Crippen LogP contribution in [0.1, 0.15) is 36.2 Å². The summed E-state index contributed by atoms with van der Waals surface area (Å²) >= 11 is 0. The molecule has 0 bridgehead atoms. The minimum Gasteiger partial charge on any atom is -0.395 e. The minimum absolute atomic E-state index is 0.00296. The molecule has 0 aliphatic rings. The highest BCUT2D eigenvalue weighted by Crippen LogP contribution is 2.09. The van der Waals surface area contributed by atoms with E-state index in [4.69, 9.17) is 9.84 Å². The molecule has 5 nitrogen and oxygen atoms in total. The predicted octanol–water partition coefficient (Wildman–Crippen LogP) is 1.31. The number of hydrogen-bond donors (Lipinski definition) is 1. The highest BCUT2D eigenvalue weighted by molar-refractivity contribution is 5.96. The van der Waals surface area contributed by atoms with E-state index < -0.39 is 0 Å². The van der Waals surface area contributed by atoms with Gasteiger partial charge in [-0.15, -0.1) is 0 Å². The Kier molecular flexibility index (Phi) is 7.44. The quantitative estimate of drug-likeness (QED) is 0.803. The Labute approximate surface area is 125 Å². The lowest BCUT2D eigenvalue weighted by atomic mass is 10.1. The Hall–Kier alpha value is -1.90. The molecule has 0 spiro atoms. The van der Waals surface area contributed by atoms with Gasteiger partial charge in [0, 0.05) is 32.4 Å². The first-order chi connectivity index (χ1) is 10.1. The molecule has 1 heterocycles. The molecule has 0 aliphatic carbocycles. The summed E-state index contributed by atoms with van der Waals surface area (Å²) in [5, 5.41) is 8.75. The predicted molar refractivity (Wildman–Crippen MR) is 80.9 cm³/mol. The van der Waals surface area contributed by atoms with E-state index in [9.17, 15) is 4.79 Å². The van der Waals surface area contributed by atoms with Gasteiger partial charge in [-0.3, -0.25) is 9.78 Å². The maximum Gasteiger partial charge on any atom is 0.255 e. The third kappa shape index (κ3) is 5.94. The van der Waals surface area contributed by atoms with Crippen molar-refractivity contribution in [2.75, 3.05) is 26.8 Å². The van der Waals surface area contributed by atoms with E-state index in [2.05, 4.69) is 16.8 Å². The van der Waals surface area contributed by atoms with Gasteiger partial charge >= 0.3 is 0 Å². The zero-order chi connectivity index (χ0) is 15.7. The van der Waals surface area contributed by atoms with Gasteiger partial charge in [0.15, 0.2) is 0 Å². The fourth-order valence-electron chi connectivity index (χ4n) is 1.63. The van der Waals surface area contributed by atoms with E-state index in [1.807, 2.05) is 13.8 Å². The van der Waals surface area contributed by atoms with Crippen LogP contribution in [-0.2, 0) is 4.74 Å². The number of rotatable bonds is 6. The van der Waals surface area contributed by atoms with Crippen molar-refractivity contribution >= 4 is 5.91 Å². The van der Waals surface area contributed by atoms with Gasteiger partial charge in [0.05, 0.1) is 30.4 Å². The van der Waals surface area contributed by atoms with Crippen LogP contribution >= 0.6 is 0 Å². The lowest BCUT2D eigenvalue weighted by molar-refractivity contribution is 0.0532. The van der Waals surface area contributed by atoms with Crippen LogP contribution in [-0.4, -0.2) is 53.8 Å². The third-order valence-electron chi connectivity index (χ3n) is 2.74. The Bertz CT molecular complexity index is 518. The van der Waals surface area contributed by atoms with Gasteiger partial charge in [0.2, 0.25) is 0 Å². The number of nitrogens with zero attached hydrogens (tertiary/aromatic N) is 2. The minimum atomic E-state index is -0.113. The summed E-state index contributed by atoms with van der Waals surface area (Å²) in [5.41, 5.74) is 1.09. The molecule has 0 radical (unpaired) electrons. The van der Waals surface area contributed by atoms with Gasteiger partial charge in [-0.2, -0.15) is 0 Å². The number of carbonyl (C=O) groups is 1. The molecule has 1 rings (SSSR count). The van der Waals surface area contributed by atoms with Crippen molar-refractivity contribution in [3.63, 3.8) is 0 Å². The molecular weight excluding hydrogens is 268 g/mol. The smallest absolute Gasteiger partial charge is 0.255 e. The molecule has 0 saturated heterocycles. The summed E-state index contributed by atoms with van der Waals surface area (Å²) in [7, 11) is 1.73. The van der Waals surface area contributed by atoms with Crippen molar-refractivity contribution < 1.29 is 14.6 Å². The fraction of sp³-hybridized carbons (Fsp3) is 0.500. The summed E-state index contributed by atoms with van der Waals surface area (Å²) in [6.45, 7) is 4.93. The van der Waals surface area contributed by atoms with E-state index in [1.165, 1.54) is 0 Å². The van der Waals surface area contributed by atoms with Crippen molar-refractivity contribution in [1.82, 2.24) is 9.88 Å². The molecule has 0 fully saturated rings. The standard InChI is InChI=1S/C16H22N2O3/c1-13(2)21-11-9-18(3)16(20)15-7-8-17-12-14(15)6-4-5-10-19/h7-8,12-13,19H,5,9-11H2,1-3H3. The number of aromatic nitrogens is 1. The first-order valence-electron chi connectivity index (χ1n) is 6.97. The average molecular weight is 290 g/mol. The summed E-state index contributed by atoms with van der Waals surface area (Å²) in [5.74, 6) is 5.57. The van der Waals surface area contributed by atoms with Crippen LogP contribution in [0.3, 0.4) is 0 Å². The zero-order valence-electron chi connectivity index (χ0n) is 12.8. The zero-order valence-corrected chi connectivity index (χ0v) is 12.8.